The van der Waals surface area contributed by atoms with E-state index < -0.39 is 0 Å². The van der Waals surface area contributed by atoms with Gasteiger partial charge in [-0.1, -0.05) is 41.4 Å². The topological polar surface area (TPSA) is 44.4 Å². The summed E-state index contributed by atoms with van der Waals surface area (Å²) in [7, 11) is 0. The summed E-state index contributed by atoms with van der Waals surface area (Å²) >= 11 is 11.7. The van der Waals surface area contributed by atoms with Crippen molar-refractivity contribution >= 4 is 40.5 Å². The minimum Gasteiger partial charge on any atom is -0.349 e. The fourth-order valence-corrected chi connectivity index (χ4v) is 3.43. The molecule has 0 aromatic heterocycles. The summed E-state index contributed by atoms with van der Waals surface area (Å²) in [5, 5.41) is 7.64. The van der Waals surface area contributed by atoms with Gasteiger partial charge in [0.05, 0.1) is 10.7 Å². The van der Waals surface area contributed by atoms with Gasteiger partial charge in [0.1, 0.15) is 0 Å². The average molecular weight is 388 g/mol. The van der Waals surface area contributed by atoms with Gasteiger partial charge in [0.25, 0.3) is 5.91 Å². The Labute approximate surface area is 164 Å². The normalized spacial score (nSPS) is 14.8. The number of halogens is 1. The zero-order valence-corrected chi connectivity index (χ0v) is 16.2. The van der Waals surface area contributed by atoms with Crippen molar-refractivity contribution in [2.75, 3.05) is 18.4 Å². The highest BCUT2D eigenvalue weighted by molar-refractivity contribution is 7.80. The molecule has 1 saturated heterocycles. The molecule has 0 saturated carbocycles. The molecule has 6 heteroatoms. The van der Waals surface area contributed by atoms with Crippen LogP contribution in [0.25, 0.3) is 0 Å². The van der Waals surface area contributed by atoms with Gasteiger partial charge >= 0.3 is 0 Å². The molecule has 26 heavy (non-hydrogen) atoms. The largest absolute Gasteiger partial charge is 0.349 e. The number of carbonyl (C=O) groups is 1. The third-order valence-corrected chi connectivity index (χ3v) is 5.24. The summed E-state index contributed by atoms with van der Waals surface area (Å²) in [5.41, 5.74) is 2.66. The number of hydrogen-bond donors (Lipinski definition) is 2. The van der Waals surface area contributed by atoms with Gasteiger partial charge in [-0.3, -0.25) is 4.79 Å². The maximum atomic E-state index is 12.3. The van der Waals surface area contributed by atoms with Gasteiger partial charge in [0.2, 0.25) is 0 Å². The Balaban J connectivity index is 1.49. The number of carbonyl (C=O) groups excluding carboxylic acids is 1. The number of nitrogens with one attached hydrogen (secondary N) is 2. The first-order valence-corrected chi connectivity index (χ1v) is 9.49. The summed E-state index contributed by atoms with van der Waals surface area (Å²) in [4.78, 5) is 14.5. The van der Waals surface area contributed by atoms with E-state index in [2.05, 4.69) is 15.5 Å². The van der Waals surface area contributed by atoms with Crippen LogP contribution in [-0.2, 0) is 0 Å². The van der Waals surface area contributed by atoms with Crippen LogP contribution in [0.1, 0.15) is 28.8 Å². The molecule has 1 aliphatic rings. The zero-order valence-electron chi connectivity index (χ0n) is 14.7. The van der Waals surface area contributed by atoms with Crippen molar-refractivity contribution in [1.29, 1.82) is 0 Å². The van der Waals surface area contributed by atoms with E-state index in [0.717, 1.165) is 37.2 Å². The third kappa shape index (κ3) is 4.74. The maximum absolute atomic E-state index is 12.3. The van der Waals surface area contributed by atoms with Gasteiger partial charge in [0.15, 0.2) is 5.11 Å². The first-order chi connectivity index (χ1) is 12.5. The van der Waals surface area contributed by atoms with Gasteiger partial charge in [-0.2, -0.15) is 0 Å². The number of benzene rings is 2. The van der Waals surface area contributed by atoms with Crippen molar-refractivity contribution in [1.82, 2.24) is 10.2 Å². The molecule has 0 unspecified atom stereocenters. The summed E-state index contributed by atoms with van der Waals surface area (Å²) in [6.45, 7) is 3.61. The highest BCUT2D eigenvalue weighted by Gasteiger charge is 2.22. The molecule has 1 heterocycles. The van der Waals surface area contributed by atoms with E-state index >= 15 is 0 Å². The van der Waals surface area contributed by atoms with E-state index in [1.54, 1.807) is 0 Å². The van der Waals surface area contributed by atoms with Crippen LogP contribution in [0, 0.1) is 6.92 Å². The Morgan fingerprint density at radius 3 is 2.42 bits per heavy atom. The predicted molar refractivity (Wildman–Crippen MR) is 111 cm³/mol. The lowest BCUT2D eigenvalue weighted by Crippen LogP contribution is -2.47. The van der Waals surface area contributed by atoms with Crippen molar-refractivity contribution in [2.45, 2.75) is 25.8 Å². The van der Waals surface area contributed by atoms with Crippen molar-refractivity contribution in [3.05, 3.63) is 64.7 Å². The lowest BCUT2D eigenvalue weighted by Gasteiger charge is -2.34. The van der Waals surface area contributed by atoms with E-state index in [1.165, 1.54) is 0 Å². The Morgan fingerprint density at radius 2 is 1.77 bits per heavy atom. The van der Waals surface area contributed by atoms with Gasteiger partial charge in [-0.15, -0.1) is 0 Å². The number of aryl methyl sites for hydroxylation is 1. The summed E-state index contributed by atoms with van der Waals surface area (Å²) in [5.74, 6) is -0.0137. The number of likely N-dealkylation sites (tertiary alicyclic amines) is 1. The number of amides is 1. The second-order valence-corrected chi connectivity index (χ2v) is 7.30. The van der Waals surface area contributed by atoms with Gasteiger partial charge in [0, 0.05) is 24.7 Å². The van der Waals surface area contributed by atoms with E-state index in [9.17, 15) is 4.79 Å². The smallest absolute Gasteiger partial charge is 0.251 e. The number of para-hydroxylation sites is 1. The van der Waals surface area contributed by atoms with Crippen molar-refractivity contribution in [3.8, 4) is 0 Å². The molecule has 0 atom stereocenters. The SMILES string of the molecule is Cc1ccc(C(=O)NC2CCN(C(=S)Nc3ccccc3Cl)CC2)cc1. The third-order valence-electron chi connectivity index (χ3n) is 4.55. The maximum Gasteiger partial charge on any atom is 0.251 e. The summed E-state index contributed by atoms with van der Waals surface area (Å²) < 4.78 is 0. The fraction of sp³-hybridized carbons (Fsp3) is 0.300. The van der Waals surface area contributed by atoms with Crippen LogP contribution in [0.15, 0.2) is 48.5 Å². The van der Waals surface area contributed by atoms with E-state index in [1.807, 2.05) is 55.5 Å². The monoisotopic (exact) mass is 387 g/mol. The molecular formula is C20H22ClN3OS. The van der Waals surface area contributed by atoms with Crippen LogP contribution in [-0.4, -0.2) is 35.1 Å². The lowest BCUT2D eigenvalue weighted by molar-refractivity contribution is 0.0922. The van der Waals surface area contributed by atoms with Crippen LogP contribution < -0.4 is 10.6 Å². The molecule has 0 bridgehead atoms. The second kappa shape index (κ2) is 8.52. The predicted octanol–water partition coefficient (Wildman–Crippen LogP) is 4.24. The highest BCUT2D eigenvalue weighted by atomic mass is 35.5. The van der Waals surface area contributed by atoms with Crippen LogP contribution in [0.5, 0.6) is 0 Å². The number of anilines is 1. The Hall–Kier alpha value is -2.11. The first-order valence-electron chi connectivity index (χ1n) is 8.71. The lowest BCUT2D eigenvalue weighted by atomic mass is 10.0. The molecule has 1 fully saturated rings. The minimum absolute atomic E-state index is 0.0137. The zero-order chi connectivity index (χ0) is 18.5. The Kier molecular flexibility index (Phi) is 6.12. The molecule has 1 aliphatic heterocycles. The van der Waals surface area contributed by atoms with E-state index in [-0.39, 0.29) is 11.9 Å². The van der Waals surface area contributed by atoms with Crippen LogP contribution >= 0.6 is 23.8 Å². The number of piperidine rings is 1. The summed E-state index contributed by atoms with van der Waals surface area (Å²) in [6, 6.07) is 15.4. The average Bonchev–Trinajstić information content (AvgIpc) is 2.64. The molecule has 0 spiro atoms. The minimum atomic E-state index is -0.0137. The quantitative estimate of drug-likeness (QED) is 0.773. The molecule has 4 nitrogen and oxygen atoms in total. The molecule has 2 aromatic rings. The van der Waals surface area contributed by atoms with Crippen LogP contribution in [0.2, 0.25) is 5.02 Å². The molecule has 136 valence electrons. The van der Waals surface area contributed by atoms with Gasteiger partial charge < -0.3 is 15.5 Å². The van der Waals surface area contributed by atoms with Crippen molar-refractivity contribution < 1.29 is 4.79 Å². The van der Waals surface area contributed by atoms with E-state index in [0.29, 0.717) is 15.7 Å². The van der Waals surface area contributed by atoms with Gasteiger partial charge in [-0.25, -0.2) is 0 Å². The number of hydrogen-bond acceptors (Lipinski definition) is 2. The number of rotatable bonds is 3. The second-order valence-electron chi connectivity index (χ2n) is 6.51. The highest BCUT2D eigenvalue weighted by Crippen LogP contribution is 2.21. The molecule has 0 aliphatic carbocycles. The standard InChI is InChI=1S/C20H22ClN3OS/c1-14-6-8-15(9-7-14)19(25)22-16-10-12-24(13-11-16)20(26)23-18-5-3-2-4-17(18)21/h2-9,16H,10-13H2,1H3,(H,22,25)(H,23,26). The Morgan fingerprint density at radius 1 is 1.12 bits per heavy atom. The number of thiocarbonyl (C=S) groups is 1. The fourth-order valence-electron chi connectivity index (χ4n) is 2.96. The van der Waals surface area contributed by atoms with Crippen LogP contribution in [0.4, 0.5) is 5.69 Å². The molecule has 2 N–H and O–H groups in total. The van der Waals surface area contributed by atoms with Gasteiger partial charge in [-0.05, 0) is 56.2 Å². The molecular weight excluding hydrogens is 366 g/mol. The molecule has 3 rings (SSSR count). The van der Waals surface area contributed by atoms with Crippen LogP contribution in [0.3, 0.4) is 0 Å². The molecule has 2 aromatic carbocycles. The Bertz CT molecular complexity index is 786. The molecule has 0 radical (unpaired) electrons. The van der Waals surface area contributed by atoms with Crippen molar-refractivity contribution in [3.63, 3.8) is 0 Å². The first kappa shape index (κ1) is 18.7. The van der Waals surface area contributed by atoms with Crippen molar-refractivity contribution in [2.24, 2.45) is 0 Å². The van der Waals surface area contributed by atoms with E-state index in [4.69, 9.17) is 23.8 Å². The number of nitrogens with zero attached hydrogens (tertiary/aromatic N) is 1. The summed E-state index contributed by atoms with van der Waals surface area (Å²) in [6.07, 6.45) is 1.73. The molecule has 1 amide bonds.